The molecule has 5 heteroatoms. The monoisotopic (exact) mass is 206 g/mol. The van der Waals surface area contributed by atoms with Crippen molar-refractivity contribution in [1.29, 1.82) is 0 Å². The molecule has 0 saturated carbocycles. The summed E-state index contributed by atoms with van der Waals surface area (Å²) < 4.78 is 39.9. The first-order chi connectivity index (χ1) is 6.47. The Kier molecular flexibility index (Phi) is 3.22. The Morgan fingerprint density at radius 2 is 2.00 bits per heavy atom. The number of hydrogen-bond acceptors (Lipinski definition) is 2. The molecule has 0 aliphatic heterocycles. The lowest BCUT2D eigenvalue weighted by Gasteiger charge is -2.08. The molecule has 0 saturated heterocycles. The first-order valence-corrected chi connectivity index (χ1v) is 3.96. The van der Waals surface area contributed by atoms with Crippen LogP contribution >= 0.6 is 0 Å². The summed E-state index contributed by atoms with van der Waals surface area (Å²) in [5.74, 6) is 0.198. The Bertz CT molecular complexity index is 296. The zero-order valence-electron chi connectivity index (χ0n) is 7.21. The van der Waals surface area contributed by atoms with Crippen molar-refractivity contribution in [3.63, 3.8) is 0 Å². The molecule has 0 aromatic heterocycles. The SMILES string of the molecule is Oc1cccc(OCCC(F)(F)F)c1. The van der Waals surface area contributed by atoms with Crippen molar-refractivity contribution in [3.8, 4) is 11.5 Å². The lowest BCUT2D eigenvalue weighted by Crippen LogP contribution is -2.12. The fraction of sp³-hybridized carbons (Fsp3) is 0.333. The van der Waals surface area contributed by atoms with E-state index in [0.29, 0.717) is 0 Å². The van der Waals surface area contributed by atoms with Crippen molar-refractivity contribution in [2.75, 3.05) is 6.61 Å². The van der Waals surface area contributed by atoms with Crippen LogP contribution in [0.2, 0.25) is 0 Å². The molecule has 0 atom stereocenters. The number of aromatic hydroxyl groups is 1. The van der Waals surface area contributed by atoms with Gasteiger partial charge in [-0.05, 0) is 12.1 Å². The van der Waals surface area contributed by atoms with Crippen molar-refractivity contribution < 1.29 is 23.0 Å². The summed E-state index contributed by atoms with van der Waals surface area (Å²) in [6.07, 6.45) is -5.21. The van der Waals surface area contributed by atoms with Gasteiger partial charge in [-0.25, -0.2) is 0 Å². The topological polar surface area (TPSA) is 29.5 Å². The molecule has 14 heavy (non-hydrogen) atoms. The third-order valence-electron chi connectivity index (χ3n) is 1.47. The van der Waals surface area contributed by atoms with Crippen LogP contribution in [-0.4, -0.2) is 17.9 Å². The predicted octanol–water partition coefficient (Wildman–Crippen LogP) is 2.72. The van der Waals surface area contributed by atoms with E-state index in [0.717, 1.165) is 0 Å². The molecule has 0 amide bonds. The summed E-state index contributed by atoms with van der Waals surface area (Å²) in [6.45, 7) is -0.438. The number of ether oxygens (including phenoxy) is 1. The second-order valence-corrected chi connectivity index (χ2v) is 2.71. The summed E-state index contributed by atoms with van der Waals surface area (Å²) >= 11 is 0. The van der Waals surface area contributed by atoms with Gasteiger partial charge in [0.1, 0.15) is 11.5 Å². The maximum atomic E-state index is 11.7. The molecule has 1 aromatic rings. The molecule has 0 aliphatic carbocycles. The molecular weight excluding hydrogens is 197 g/mol. The standard InChI is InChI=1S/C9H9F3O2/c10-9(11,12)4-5-14-8-3-1-2-7(13)6-8/h1-3,6,13H,4-5H2. The van der Waals surface area contributed by atoms with Gasteiger partial charge in [0.25, 0.3) is 0 Å². The minimum Gasteiger partial charge on any atom is -0.508 e. The zero-order valence-corrected chi connectivity index (χ0v) is 7.21. The lowest BCUT2D eigenvalue weighted by atomic mass is 10.3. The molecule has 1 aromatic carbocycles. The molecule has 0 fully saturated rings. The molecule has 0 radical (unpaired) electrons. The van der Waals surface area contributed by atoms with Crippen molar-refractivity contribution in [2.24, 2.45) is 0 Å². The number of hydrogen-bond donors (Lipinski definition) is 1. The molecule has 2 nitrogen and oxygen atoms in total. The van der Waals surface area contributed by atoms with Gasteiger partial charge in [0.05, 0.1) is 13.0 Å². The highest BCUT2D eigenvalue weighted by molar-refractivity contribution is 5.31. The fourth-order valence-corrected chi connectivity index (χ4v) is 0.858. The van der Waals surface area contributed by atoms with Gasteiger partial charge < -0.3 is 9.84 Å². The van der Waals surface area contributed by atoms with Crippen molar-refractivity contribution in [3.05, 3.63) is 24.3 Å². The van der Waals surface area contributed by atoms with Gasteiger partial charge in [-0.3, -0.25) is 0 Å². The number of benzene rings is 1. The second kappa shape index (κ2) is 4.21. The summed E-state index contributed by atoms with van der Waals surface area (Å²) in [5.41, 5.74) is 0. The lowest BCUT2D eigenvalue weighted by molar-refractivity contribution is -0.139. The van der Waals surface area contributed by atoms with Crippen LogP contribution in [0.3, 0.4) is 0 Å². The fourth-order valence-electron chi connectivity index (χ4n) is 0.858. The van der Waals surface area contributed by atoms with Crippen LogP contribution in [0.1, 0.15) is 6.42 Å². The van der Waals surface area contributed by atoms with E-state index in [4.69, 9.17) is 9.84 Å². The highest BCUT2D eigenvalue weighted by Crippen LogP contribution is 2.21. The minimum atomic E-state index is -4.21. The van der Waals surface area contributed by atoms with E-state index in [1.165, 1.54) is 24.3 Å². The molecule has 0 spiro atoms. The highest BCUT2D eigenvalue weighted by Gasteiger charge is 2.26. The Balaban J connectivity index is 2.39. The quantitative estimate of drug-likeness (QED) is 0.823. The zero-order chi connectivity index (χ0) is 10.6. The van der Waals surface area contributed by atoms with Gasteiger partial charge in [-0.15, -0.1) is 0 Å². The number of halogens is 3. The number of rotatable bonds is 3. The number of phenols is 1. The normalized spacial score (nSPS) is 11.4. The van der Waals surface area contributed by atoms with Crippen molar-refractivity contribution in [1.82, 2.24) is 0 Å². The van der Waals surface area contributed by atoms with Crippen LogP contribution in [-0.2, 0) is 0 Å². The second-order valence-electron chi connectivity index (χ2n) is 2.71. The molecule has 78 valence electrons. The molecule has 0 unspecified atom stereocenters. The van der Waals surface area contributed by atoms with Gasteiger partial charge in [-0.1, -0.05) is 6.07 Å². The van der Waals surface area contributed by atoms with Crippen LogP contribution < -0.4 is 4.74 Å². The predicted molar refractivity (Wildman–Crippen MR) is 44.3 cm³/mol. The van der Waals surface area contributed by atoms with Gasteiger partial charge in [-0.2, -0.15) is 13.2 Å². The summed E-state index contributed by atoms with van der Waals surface area (Å²) in [5, 5.41) is 8.97. The third kappa shape index (κ3) is 4.02. The molecule has 0 heterocycles. The van der Waals surface area contributed by atoms with E-state index in [-0.39, 0.29) is 11.5 Å². The summed E-state index contributed by atoms with van der Waals surface area (Å²) in [7, 11) is 0. The number of phenolic OH excluding ortho intramolecular Hbond substituents is 1. The van der Waals surface area contributed by atoms with Crippen molar-refractivity contribution >= 4 is 0 Å². The molecule has 1 N–H and O–H groups in total. The molecular formula is C9H9F3O2. The Morgan fingerprint density at radius 1 is 1.29 bits per heavy atom. The largest absolute Gasteiger partial charge is 0.508 e. The maximum absolute atomic E-state index is 11.7. The van der Waals surface area contributed by atoms with Gasteiger partial charge in [0.2, 0.25) is 0 Å². The highest BCUT2D eigenvalue weighted by atomic mass is 19.4. The average Bonchev–Trinajstić information content (AvgIpc) is 2.01. The van der Waals surface area contributed by atoms with Crippen LogP contribution in [0.4, 0.5) is 13.2 Å². The van der Waals surface area contributed by atoms with E-state index in [9.17, 15) is 13.2 Å². The van der Waals surface area contributed by atoms with Gasteiger partial charge >= 0.3 is 6.18 Å². The van der Waals surface area contributed by atoms with E-state index in [1.54, 1.807) is 0 Å². The third-order valence-corrected chi connectivity index (χ3v) is 1.47. The van der Waals surface area contributed by atoms with Crippen LogP contribution in [0.15, 0.2) is 24.3 Å². The van der Waals surface area contributed by atoms with Crippen LogP contribution in [0.5, 0.6) is 11.5 Å². The van der Waals surface area contributed by atoms with Crippen LogP contribution in [0, 0.1) is 0 Å². The average molecular weight is 206 g/mol. The van der Waals surface area contributed by atoms with Crippen LogP contribution in [0.25, 0.3) is 0 Å². The van der Waals surface area contributed by atoms with E-state index < -0.39 is 19.2 Å². The molecule has 1 rings (SSSR count). The van der Waals surface area contributed by atoms with Gasteiger partial charge in [0.15, 0.2) is 0 Å². The number of alkyl halides is 3. The maximum Gasteiger partial charge on any atom is 0.392 e. The summed E-state index contributed by atoms with van der Waals surface area (Å²) in [6, 6.07) is 5.65. The Hall–Kier alpha value is -1.39. The van der Waals surface area contributed by atoms with E-state index >= 15 is 0 Å². The van der Waals surface area contributed by atoms with E-state index in [1.807, 2.05) is 0 Å². The molecule has 0 bridgehead atoms. The Labute approximate surface area is 78.9 Å². The van der Waals surface area contributed by atoms with Crippen molar-refractivity contribution in [2.45, 2.75) is 12.6 Å². The van der Waals surface area contributed by atoms with E-state index in [2.05, 4.69) is 0 Å². The van der Waals surface area contributed by atoms with Gasteiger partial charge in [0, 0.05) is 6.07 Å². The molecule has 0 aliphatic rings. The Morgan fingerprint density at radius 3 is 2.57 bits per heavy atom. The smallest absolute Gasteiger partial charge is 0.392 e. The summed E-state index contributed by atoms with van der Waals surface area (Å²) in [4.78, 5) is 0. The first kappa shape index (κ1) is 10.7. The minimum absolute atomic E-state index is 0.0329. The first-order valence-electron chi connectivity index (χ1n) is 3.96.